The second kappa shape index (κ2) is 10.6. The monoisotopic (exact) mass is 294 g/mol. The lowest BCUT2D eigenvalue weighted by Gasteiger charge is -2.17. The van der Waals surface area contributed by atoms with E-state index < -0.39 is 0 Å². The van der Waals surface area contributed by atoms with Crippen LogP contribution in [0.2, 0.25) is 0 Å². The highest BCUT2D eigenvalue weighted by atomic mass is 16.5. The van der Waals surface area contributed by atoms with E-state index in [-0.39, 0.29) is 0 Å². The van der Waals surface area contributed by atoms with Gasteiger partial charge in [0.15, 0.2) is 0 Å². The van der Waals surface area contributed by atoms with E-state index in [1.54, 1.807) is 14.2 Å². The molecule has 0 radical (unpaired) electrons. The van der Waals surface area contributed by atoms with E-state index in [2.05, 4.69) is 42.4 Å². The van der Waals surface area contributed by atoms with Crippen LogP contribution in [-0.2, 0) is 17.8 Å². The average Bonchev–Trinajstić information content (AvgIpc) is 2.50. The van der Waals surface area contributed by atoms with E-state index in [0.717, 1.165) is 38.5 Å². The number of methoxy groups -OCH3 is 2. The zero-order chi connectivity index (χ0) is 15.5. The first-order chi connectivity index (χ1) is 10.2. The lowest BCUT2D eigenvalue weighted by atomic mass is 10.1. The fourth-order valence-electron chi connectivity index (χ4n) is 2.25. The molecule has 0 bridgehead atoms. The zero-order valence-electron chi connectivity index (χ0n) is 13.9. The molecule has 0 fully saturated rings. The molecule has 1 aromatic carbocycles. The van der Waals surface area contributed by atoms with Gasteiger partial charge in [-0.15, -0.1) is 0 Å². The third kappa shape index (κ3) is 6.93. The Labute approximate surface area is 129 Å². The van der Waals surface area contributed by atoms with Crippen molar-refractivity contribution in [1.82, 2.24) is 10.2 Å². The van der Waals surface area contributed by atoms with Crippen molar-refractivity contribution in [3.8, 4) is 5.75 Å². The van der Waals surface area contributed by atoms with Gasteiger partial charge >= 0.3 is 0 Å². The van der Waals surface area contributed by atoms with E-state index in [9.17, 15) is 0 Å². The Hall–Kier alpha value is -1.10. The average molecular weight is 294 g/mol. The lowest BCUT2D eigenvalue weighted by Crippen LogP contribution is -2.20. The van der Waals surface area contributed by atoms with Gasteiger partial charge in [0, 0.05) is 32.3 Å². The van der Waals surface area contributed by atoms with Gasteiger partial charge in [0.2, 0.25) is 0 Å². The molecule has 4 heteroatoms. The van der Waals surface area contributed by atoms with Crippen molar-refractivity contribution in [2.45, 2.75) is 32.9 Å². The zero-order valence-corrected chi connectivity index (χ0v) is 13.9. The van der Waals surface area contributed by atoms with Gasteiger partial charge in [-0.3, -0.25) is 0 Å². The number of unbranched alkanes of at least 4 members (excludes halogenated alkanes) is 1. The van der Waals surface area contributed by atoms with Gasteiger partial charge in [-0.2, -0.15) is 0 Å². The van der Waals surface area contributed by atoms with Crippen LogP contribution in [-0.4, -0.2) is 45.9 Å². The fourth-order valence-corrected chi connectivity index (χ4v) is 2.25. The molecular formula is C17H30N2O2. The van der Waals surface area contributed by atoms with Crippen molar-refractivity contribution < 1.29 is 9.47 Å². The van der Waals surface area contributed by atoms with Crippen molar-refractivity contribution in [3.63, 3.8) is 0 Å². The predicted octanol–water partition coefficient (Wildman–Crippen LogP) is 2.66. The molecule has 0 spiro atoms. The molecule has 0 saturated carbocycles. The molecule has 120 valence electrons. The van der Waals surface area contributed by atoms with Gasteiger partial charge in [0.25, 0.3) is 0 Å². The SMILES string of the molecule is CCCCN(C)Cc1ccc(CNCCOC)c(OC)c1. The van der Waals surface area contributed by atoms with Crippen molar-refractivity contribution in [3.05, 3.63) is 29.3 Å². The van der Waals surface area contributed by atoms with Gasteiger partial charge in [0.1, 0.15) is 5.75 Å². The molecule has 1 N–H and O–H groups in total. The number of nitrogens with one attached hydrogen (secondary N) is 1. The topological polar surface area (TPSA) is 33.7 Å². The smallest absolute Gasteiger partial charge is 0.123 e. The van der Waals surface area contributed by atoms with Crippen LogP contribution < -0.4 is 10.1 Å². The van der Waals surface area contributed by atoms with E-state index in [0.29, 0.717) is 0 Å². The maximum absolute atomic E-state index is 5.52. The second-order valence-electron chi connectivity index (χ2n) is 5.41. The molecule has 0 unspecified atom stereocenters. The molecule has 0 aliphatic carbocycles. The molecule has 4 nitrogen and oxygen atoms in total. The van der Waals surface area contributed by atoms with Gasteiger partial charge < -0.3 is 19.7 Å². The standard InChI is InChI=1S/C17H30N2O2/c1-5-6-10-19(2)14-15-7-8-16(17(12-15)21-4)13-18-9-11-20-3/h7-8,12,18H,5-6,9-11,13-14H2,1-4H3. The first kappa shape index (κ1) is 18.0. The molecule has 21 heavy (non-hydrogen) atoms. The van der Waals surface area contributed by atoms with E-state index in [4.69, 9.17) is 9.47 Å². The summed E-state index contributed by atoms with van der Waals surface area (Å²) in [7, 11) is 5.62. The Morgan fingerprint density at radius 1 is 1.24 bits per heavy atom. The molecule has 0 aliphatic rings. The number of ether oxygens (including phenoxy) is 2. The second-order valence-corrected chi connectivity index (χ2v) is 5.41. The number of hydrogen-bond acceptors (Lipinski definition) is 4. The molecule has 0 atom stereocenters. The number of hydrogen-bond donors (Lipinski definition) is 1. The van der Waals surface area contributed by atoms with Gasteiger partial charge in [-0.25, -0.2) is 0 Å². The molecule has 0 saturated heterocycles. The van der Waals surface area contributed by atoms with Crippen LogP contribution in [0.15, 0.2) is 18.2 Å². The van der Waals surface area contributed by atoms with E-state index >= 15 is 0 Å². The van der Waals surface area contributed by atoms with Gasteiger partial charge in [-0.1, -0.05) is 25.5 Å². The number of benzene rings is 1. The van der Waals surface area contributed by atoms with Crippen molar-refractivity contribution in [2.75, 3.05) is 41.0 Å². The minimum absolute atomic E-state index is 0.725. The Bertz CT molecular complexity index is 396. The molecule has 0 aliphatic heterocycles. The Kier molecular flexibility index (Phi) is 9.06. The summed E-state index contributed by atoms with van der Waals surface area (Å²) in [5, 5.41) is 3.35. The van der Waals surface area contributed by atoms with E-state index in [1.165, 1.54) is 24.0 Å². The summed E-state index contributed by atoms with van der Waals surface area (Å²) < 4.78 is 10.5. The van der Waals surface area contributed by atoms with Crippen LogP contribution in [0, 0.1) is 0 Å². The number of rotatable bonds is 11. The Morgan fingerprint density at radius 3 is 2.71 bits per heavy atom. The van der Waals surface area contributed by atoms with Crippen molar-refractivity contribution >= 4 is 0 Å². The third-order valence-electron chi connectivity index (χ3n) is 3.50. The quantitative estimate of drug-likeness (QED) is 0.636. The maximum atomic E-state index is 5.52. The Balaban J connectivity index is 2.56. The van der Waals surface area contributed by atoms with Crippen LogP contribution in [0.4, 0.5) is 0 Å². The molecule has 0 aromatic heterocycles. The first-order valence-electron chi connectivity index (χ1n) is 7.75. The molecule has 1 aromatic rings. The van der Waals surface area contributed by atoms with Gasteiger partial charge in [-0.05, 0) is 31.6 Å². The molecule has 0 heterocycles. The fraction of sp³-hybridized carbons (Fsp3) is 0.647. The van der Waals surface area contributed by atoms with Gasteiger partial charge in [0.05, 0.1) is 13.7 Å². The highest BCUT2D eigenvalue weighted by molar-refractivity contribution is 5.37. The van der Waals surface area contributed by atoms with Crippen molar-refractivity contribution in [2.24, 2.45) is 0 Å². The summed E-state index contributed by atoms with van der Waals surface area (Å²) in [4.78, 5) is 2.36. The van der Waals surface area contributed by atoms with Crippen molar-refractivity contribution in [1.29, 1.82) is 0 Å². The minimum atomic E-state index is 0.725. The van der Waals surface area contributed by atoms with Crippen LogP contribution in [0.1, 0.15) is 30.9 Å². The first-order valence-corrected chi connectivity index (χ1v) is 7.75. The summed E-state index contributed by atoms with van der Waals surface area (Å²) in [6.45, 7) is 6.71. The number of nitrogens with zero attached hydrogens (tertiary/aromatic N) is 1. The van der Waals surface area contributed by atoms with Crippen LogP contribution in [0.5, 0.6) is 5.75 Å². The summed E-state index contributed by atoms with van der Waals surface area (Å²) in [5.41, 5.74) is 2.49. The summed E-state index contributed by atoms with van der Waals surface area (Å²) in [6.07, 6.45) is 2.48. The maximum Gasteiger partial charge on any atom is 0.123 e. The molecule has 0 amide bonds. The Morgan fingerprint density at radius 2 is 2.05 bits per heavy atom. The summed E-state index contributed by atoms with van der Waals surface area (Å²) in [6, 6.07) is 6.50. The predicted molar refractivity (Wildman–Crippen MR) is 87.8 cm³/mol. The highest BCUT2D eigenvalue weighted by Gasteiger charge is 2.06. The highest BCUT2D eigenvalue weighted by Crippen LogP contribution is 2.21. The normalized spacial score (nSPS) is 11.1. The van der Waals surface area contributed by atoms with Crippen LogP contribution in [0.3, 0.4) is 0 Å². The third-order valence-corrected chi connectivity index (χ3v) is 3.50. The molecule has 1 rings (SSSR count). The molecular weight excluding hydrogens is 264 g/mol. The van der Waals surface area contributed by atoms with Crippen LogP contribution in [0.25, 0.3) is 0 Å². The largest absolute Gasteiger partial charge is 0.496 e. The lowest BCUT2D eigenvalue weighted by molar-refractivity contribution is 0.199. The minimum Gasteiger partial charge on any atom is -0.496 e. The summed E-state index contributed by atoms with van der Waals surface area (Å²) >= 11 is 0. The van der Waals surface area contributed by atoms with Crippen LogP contribution >= 0.6 is 0 Å². The summed E-state index contributed by atoms with van der Waals surface area (Å²) in [5.74, 6) is 0.960. The van der Waals surface area contributed by atoms with E-state index in [1.807, 2.05) is 0 Å².